The summed E-state index contributed by atoms with van der Waals surface area (Å²) in [6.07, 6.45) is 0.447. The molecule has 0 unspecified atom stereocenters. The van der Waals surface area contributed by atoms with E-state index >= 15 is 0 Å². The summed E-state index contributed by atoms with van der Waals surface area (Å²) < 4.78 is 15.7. The molecule has 1 aliphatic heterocycles. The SMILES string of the molecule is CC(=O)O[C@H]1[C@H](OC(C)=O)C=C(c2ccncc2[N+](=O)[O-])O[C@@H]1CO. The number of nitro groups is 1. The summed E-state index contributed by atoms with van der Waals surface area (Å²) in [5.74, 6) is -1.29. The average Bonchev–Trinajstić information content (AvgIpc) is 2.55. The van der Waals surface area contributed by atoms with Gasteiger partial charge in [0, 0.05) is 26.1 Å². The number of pyridine rings is 1. The van der Waals surface area contributed by atoms with Gasteiger partial charge in [-0.2, -0.15) is 0 Å². The van der Waals surface area contributed by atoms with E-state index in [-0.39, 0.29) is 17.0 Å². The molecule has 0 saturated carbocycles. The van der Waals surface area contributed by atoms with Crippen molar-refractivity contribution in [1.82, 2.24) is 4.98 Å². The maximum Gasteiger partial charge on any atom is 0.303 e. The van der Waals surface area contributed by atoms with E-state index in [9.17, 15) is 24.8 Å². The minimum Gasteiger partial charge on any atom is -0.483 e. The van der Waals surface area contributed by atoms with Crippen LogP contribution in [0.5, 0.6) is 0 Å². The van der Waals surface area contributed by atoms with Crippen molar-refractivity contribution in [2.75, 3.05) is 6.61 Å². The molecule has 2 rings (SSSR count). The number of aliphatic hydroxyl groups is 1. The monoisotopic (exact) mass is 352 g/mol. The zero-order valence-electron chi connectivity index (χ0n) is 13.4. The fraction of sp³-hybridized carbons (Fsp3) is 0.400. The number of ether oxygens (including phenoxy) is 3. The van der Waals surface area contributed by atoms with Gasteiger partial charge in [-0.3, -0.25) is 24.7 Å². The normalized spacial score (nSPS) is 22.4. The van der Waals surface area contributed by atoms with Gasteiger partial charge in [0.1, 0.15) is 12.0 Å². The highest BCUT2D eigenvalue weighted by Gasteiger charge is 2.40. The number of aromatic nitrogens is 1. The summed E-state index contributed by atoms with van der Waals surface area (Å²) in [5.41, 5.74) is -0.227. The van der Waals surface area contributed by atoms with Gasteiger partial charge in [0.05, 0.1) is 17.1 Å². The average molecular weight is 352 g/mol. The number of aliphatic hydroxyl groups excluding tert-OH is 1. The van der Waals surface area contributed by atoms with Crippen LogP contribution in [0.4, 0.5) is 5.69 Å². The van der Waals surface area contributed by atoms with E-state index in [1.54, 1.807) is 0 Å². The lowest BCUT2D eigenvalue weighted by Gasteiger charge is -2.35. The highest BCUT2D eigenvalue weighted by Crippen LogP contribution is 2.33. The second kappa shape index (κ2) is 7.71. The molecule has 0 radical (unpaired) electrons. The molecule has 1 aromatic heterocycles. The third-order valence-corrected chi connectivity index (χ3v) is 3.33. The van der Waals surface area contributed by atoms with E-state index in [0.29, 0.717) is 0 Å². The van der Waals surface area contributed by atoms with Crippen molar-refractivity contribution in [3.8, 4) is 0 Å². The largest absolute Gasteiger partial charge is 0.483 e. The van der Waals surface area contributed by atoms with Gasteiger partial charge in [-0.25, -0.2) is 0 Å². The maximum atomic E-state index is 11.3. The fourth-order valence-electron chi connectivity index (χ4n) is 2.39. The lowest BCUT2D eigenvalue weighted by molar-refractivity contribution is -0.385. The molecule has 2 heterocycles. The molecular weight excluding hydrogens is 336 g/mol. The van der Waals surface area contributed by atoms with E-state index in [4.69, 9.17) is 14.2 Å². The number of esters is 2. The van der Waals surface area contributed by atoms with Crippen LogP contribution in [0.15, 0.2) is 24.5 Å². The standard InChI is InChI=1S/C15H16N2O8/c1-8(19)23-13-5-12(10-3-4-16-6-11(10)17(21)22)25-14(7-18)15(13)24-9(2)20/h3-6,13-15,18H,7H2,1-2H3/t13-,14-,15+/m1/s1. The van der Waals surface area contributed by atoms with Crippen LogP contribution in [0, 0.1) is 10.1 Å². The summed E-state index contributed by atoms with van der Waals surface area (Å²) in [6, 6.07) is 1.36. The molecule has 3 atom stereocenters. The predicted molar refractivity (Wildman–Crippen MR) is 81.9 cm³/mol. The van der Waals surface area contributed by atoms with Crippen LogP contribution in [0.2, 0.25) is 0 Å². The van der Waals surface area contributed by atoms with Crippen LogP contribution >= 0.6 is 0 Å². The Bertz CT molecular complexity index is 717. The summed E-state index contributed by atoms with van der Waals surface area (Å²) in [7, 11) is 0. The number of carbonyl (C=O) groups excluding carboxylic acids is 2. The molecule has 10 nitrogen and oxygen atoms in total. The highest BCUT2D eigenvalue weighted by atomic mass is 16.6. The fourth-order valence-corrected chi connectivity index (χ4v) is 2.39. The predicted octanol–water partition coefficient (Wildman–Crippen LogP) is 0.585. The highest BCUT2D eigenvalue weighted by molar-refractivity contribution is 5.71. The first-order chi connectivity index (χ1) is 11.8. The van der Waals surface area contributed by atoms with Gasteiger partial charge in [0.2, 0.25) is 0 Å². The van der Waals surface area contributed by atoms with E-state index in [0.717, 1.165) is 20.0 Å². The van der Waals surface area contributed by atoms with Crippen LogP contribution in [0.1, 0.15) is 19.4 Å². The quantitative estimate of drug-likeness (QED) is 0.458. The molecule has 0 spiro atoms. The zero-order chi connectivity index (χ0) is 18.6. The Morgan fingerprint density at radius 3 is 2.60 bits per heavy atom. The molecule has 1 aromatic rings. The Kier molecular flexibility index (Phi) is 5.65. The first-order valence-corrected chi connectivity index (χ1v) is 7.26. The Morgan fingerprint density at radius 2 is 2.04 bits per heavy atom. The number of nitrogens with zero attached hydrogens (tertiary/aromatic N) is 2. The van der Waals surface area contributed by atoms with Gasteiger partial charge >= 0.3 is 11.9 Å². The van der Waals surface area contributed by atoms with Crippen LogP contribution in [-0.4, -0.2) is 51.9 Å². The van der Waals surface area contributed by atoms with Crippen molar-refractivity contribution in [3.63, 3.8) is 0 Å². The lowest BCUT2D eigenvalue weighted by atomic mass is 10.0. The molecular formula is C15H16N2O8. The number of hydrogen-bond donors (Lipinski definition) is 1. The minimum absolute atomic E-state index is 0.0165. The Labute approximate surface area is 142 Å². The van der Waals surface area contributed by atoms with Crippen LogP contribution in [-0.2, 0) is 23.8 Å². The van der Waals surface area contributed by atoms with Gasteiger partial charge in [0.15, 0.2) is 18.3 Å². The Morgan fingerprint density at radius 1 is 1.36 bits per heavy atom. The molecule has 0 fully saturated rings. The number of hydrogen-bond acceptors (Lipinski definition) is 9. The molecule has 0 aliphatic carbocycles. The number of carbonyl (C=O) groups is 2. The summed E-state index contributed by atoms with van der Waals surface area (Å²) in [4.78, 5) is 36.8. The first-order valence-electron chi connectivity index (χ1n) is 7.26. The van der Waals surface area contributed by atoms with Gasteiger partial charge in [-0.1, -0.05) is 0 Å². The van der Waals surface area contributed by atoms with E-state index in [1.807, 2.05) is 0 Å². The topological polar surface area (TPSA) is 138 Å². The molecule has 0 bridgehead atoms. The zero-order valence-corrected chi connectivity index (χ0v) is 13.4. The van der Waals surface area contributed by atoms with E-state index in [2.05, 4.69) is 4.98 Å². The third kappa shape index (κ3) is 4.29. The van der Waals surface area contributed by atoms with Gasteiger partial charge in [0.25, 0.3) is 5.69 Å². The molecule has 25 heavy (non-hydrogen) atoms. The second-order valence-electron chi connectivity index (χ2n) is 5.17. The summed E-state index contributed by atoms with van der Waals surface area (Å²) in [6.45, 7) is 1.76. The first kappa shape index (κ1) is 18.3. The van der Waals surface area contributed by atoms with Crippen molar-refractivity contribution < 1.29 is 33.8 Å². The molecule has 134 valence electrons. The van der Waals surface area contributed by atoms with Crippen molar-refractivity contribution in [3.05, 3.63) is 40.2 Å². The second-order valence-corrected chi connectivity index (χ2v) is 5.17. The van der Waals surface area contributed by atoms with Gasteiger partial charge in [-0.15, -0.1) is 0 Å². The van der Waals surface area contributed by atoms with Crippen LogP contribution in [0.3, 0.4) is 0 Å². The van der Waals surface area contributed by atoms with Gasteiger partial charge in [-0.05, 0) is 6.07 Å². The van der Waals surface area contributed by atoms with Crippen molar-refractivity contribution in [2.24, 2.45) is 0 Å². The molecule has 0 amide bonds. The van der Waals surface area contributed by atoms with Crippen LogP contribution < -0.4 is 0 Å². The Hall–Kier alpha value is -3.01. The number of rotatable bonds is 5. The third-order valence-electron chi connectivity index (χ3n) is 3.33. The summed E-state index contributed by atoms with van der Waals surface area (Å²) >= 11 is 0. The van der Waals surface area contributed by atoms with Crippen molar-refractivity contribution >= 4 is 23.4 Å². The molecule has 1 aliphatic rings. The summed E-state index contributed by atoms with van der Waals surface area (Å²) in [5, 5.41) is 20.7. The molecule has 10 heteroatoms. The van der Waals surface area contributed by atoms with E-state index in [1.165, 1.54) is 18.3 Å². The maximum absolute atomic E-state index is 11.3. The van der Waals surface area contributed by atoms with E-state index < -0.39 is 41.8 Å². The lowest BCUT2D eigenvalue weighted by Crippen LogP contribution is -2.47. The molecule has 0 aromatic carbocycles. The van der Waals surface area contributed by atoms with Crippen molar-refractivity contribution in [2.45, 2.75) is 32.2 Å². The molecule has 0 saturated heterocycles. The molecule has 1 N–H and O–H groups in total. The minimum atomic E-state index is -1.09. The Balaban J connectivity index is 2.48. The van der Waals surface area contributed by atoms with Crippen molar-refractivity contribution in [1.29, 1.82) is 0 Å². The van der Waals surface area contributed by atoms with Crippen LogP contribution in [0.25, 0.3) is 5.76 Å². The smallest absolute Gasteiger partial charge is 0.303 e. The van der Waals surface area contributed by atoms with Gasteiger partial charge < -0.3 is 19.3 Å².